The molecule has 0 aromatic heterocycles. The van der Waals surface area contributed by atoms with Crippen LogP contribution in [0, 0.1) is 0 Å². The molecule has 7 nitrogen and oxygen atoms in total. The standard InChI is InChI=1S/C9H5N5O2/c15-9-5-3-1-2-4-6(5)10-8(16-9)7-11-13-14-12-7/h1-4,15H/p-1. The molecule has 16 heavy (non-hydrogen) atoms. The molecule has 0 saturated heterocycles. The van der Waals surface area contributed by atoms with Gasteiger partial charge in [0.1, 0.15) is 0 Å². The molecule has 0 spiro atoms. The van der Waals surface area contributed by atoms with Crippen molar-refractivity contribution in [3.63, 3.8) is 0 Å². The number of benzene rings is 1. The molecule has 0 N–H and O–H groups in total. The van der Waals surface area contributed by atoms with E-state index in [9.17, 15) is 5.11 Å². The van der Waals surface area contributed by atoms with Gasteiger partial charge in [0.05, 0.1) is 11.3 Å². The zero-order chi connectivity index (χ0) is 11.0. The quantitative estimate of drug-likeness (QED) is 0.593. The average Bonchev–Trinajstić information content (AvgIpc) is 2.82. The monoisotopic (exact) mass is 214 g/mol. The number of rotatable bonds is 0. The van der Waals surface area contributed by atoms with E-state index >= 15 is 0 Å². The minimum Gasteiger partial charge on any atom is -0.561 e. The van der Waals surface area contributed by atoms with E-state index in [0.717, 1.165) is 0 Å². The fourth-order valence-electron chi connectivity index (χ4n) is 1.34. The van der Waals surface area contributed by atoms with Crippen LogP contribution in [0.4, 0.5) is 0 Å². The summed E-state index contributed by atoms with van der Waals surface area (Å²) in [6.45, 7) is 0. The van der Waals surface area contributed by atoms with Crippen molar-refractivity contribution in [2.75, 3.05) is 0 Å². The van der Waals surface area contributed by atoms with E-state index in [2.05, 4.69) is 25.7 Å². The van der Waals surface area contributed by atoms with Gasteiger partial charge in [-0.3, -0.25) is 0 Å². The van der Waals surface area contributed by atoms with E-state index in [1.807, 2.05) is 0 Å². The average molecular weight is 214 g/mol. The van der Waals surface area contributed by atoms with Crippen LogP contribution in [0.15, 0.2) is 61.6 Å². The molecule has 0 atom stereocenters. The van der Waals surface area contributed by atoms with Crippen molar-refractivity contribution in [2.45, 2.75) is 0 Å². The SMILES string of the molecule is [O-]C1=c2ccccc2=NC(=C2N=NN=N2)O1. The minimum absolute atomic E-state index is 0.0219. The second-order valence-electron chi connectivity index (χ2n) is 3.03. The first kappa shape index (κ1) is 8.72. The zero-order valence-electron chi connectivity index (χ0n) is 7.86. The molecule has 0 amide bonds. The van der Waals surface area contributed by atoms with Crippen LogP contribution in [-0.4, -0.2) is 0 Å². The highest BCUT2D eigenvalue weighted by Gasteiger charge is 2.09. The van der Waals surface area contributed by atoms with Gasteiger partial charge in [0.25, 0.3) is 0 Å². The summed E-state index contributed by atoms with van der Waals surface area (Å²) in [6.07, 6.45) is 0. The lowest BCUT2D eigenvalue weighted by molar-refractivity contribution is -0.287. The maximum atomic E-state index is 11.6. The van der Waals surface area contributed by atoms with Gasteiger partial charge in [-0.15, -0.1) is 10.2 Å². The van der Waals surface area contributed by atoms with Gasteiger partial charge in [0.15, 0.2) is 5.88 Å². The van der Waals surface area contributed by atoms with E-state index in [1.54, 1.807) is 24.3 Å². The first-order valence-corrected chi connectivity index (χ1v) is 4.43. The van der Waals surface area contributed by atoms with Gasteiger partial charge in [-0.25, -0.2) is 4.99 Å². The van der Waals surface area contributed by atoms with Crippen LogP contribution < -0.4 is 15.7 Å². The van der Waals surface area contributed by atoms with Crippen LogP contribution in [0.1, 0.15) is 0 Å². The van der Waals surface area contributed by atoms with Gasteiger partial charge >= 0.3 is 0 Å². The Kier molecular flexibility index (Phi) is 1.76. The third-order valence-electron chi connectivity index (χ3n) is 2.05. The zero-order valence-corrected chi connectivity index (χ0v) is 7.86. The lowest BCUT2D eigenvalue weighted by Crippen LogP contribution is -2.35. The van der Waals surface area contributed by atoms with Crippen LogP contribution in [0.25, 0.3) is 5.95 Å². The number of hydrogen-bond donors (Lipinski definition) is 0. The first-order chi connectivity index (χ1) is 7.84. The lowest BCUT2D eigenvalue weighted by atomic mass is 10.3. The smallest absolute Gasteiger partial charge is 0.233 e. The van der Waals surface area contributed by atoms with Crippen molar-refractivity contribution in [1.29, 1.82) is 0 Å². The molecule has 2 aliphatic rings. The number of para-hydroxylation sites is 1. The Morgan fingerprint density at radius 1 is 1.06 bits per heavy atom. The summed E-state index contributed by atoms with van der Waals surface area (Å²) in [5.74, 6) is -0.359. The summed E-state index contributed by atoms with van der Waals surface area (Å²) < 4.78 is 4.96. The van der Waals surface area contributed by atoms with Crippen LogP contribution in [0.3, 0.4) is 0 Å². The Labute approximate surface area is 88.8 Å². The van der Waals surface area contributed by atoms with Crippen molar-refractivity contribution >= 4 is 5.95 Å². The molecule has 7 heteroatoms. The molecular formula is C9H4N5O2-. The number of fused-ring (bicyclic) bond motifs is 1. The second kappa shape index (κ2) is 3.23. The molecule has 0 bridgehead atoms. The van der Waals surface area contributed by atoms with Gasteiger partial charge in [-0.2, -0.15) is 0 Å². The Morgan fingerprint density at radius 3 is 2.62 bits per heavy atom. The molecule has 2 heterocycles. The third kappa shape index (κ3) is 1.26. The van der Waals surface area contributed by atoms with Crippen LogP contribution in [-0.2, 0) is 4.74 Å². The second-order valence-corrected chi connectivity index (χ2v) is 3.03. The van der Waals surface area contributed by atoms with E-state index < -0.39 is 5.95 Å². The molecule has 2 aliphatic heterocycles. The Bertz CT molecular complexity index is 645. The van der Waals surface area contributed by atoms with Crippen LogP contribution in [0.2, 0.25) is 0 Å². The molecule has 1 aromatic carbocycles. The Balaban J connectivity index is 2.28. The molecule has 0 radical (unpaired) electrons. The molecule has 0 unspecified atom stereocenters. The highest BCUT2D eigenvalue weighted by molar-refractivity contribution is 5.30. The Hall–Kier alpha value is -2.57. The Morgan fingerprint density at radius 2 is 1.81 bits per heavy atom. The van der Waals surface area contributed by atoms with Crippen LogP contribution in [0.5, 0.6) is 0 Å². The summed E-state index contributed by atoms with van der Waals surface area (Å²) in [6, 6.07) is 6.86. The predicted molar refractivity (Wildman–Crippen MR) is 48.5 cm³/mol. The van der Waals surface area contributed by atoms with Crippen molar-refractivity contribution in [3.05, 3.63) is 46.5 Å². The molecule has 0 fully saturated rings. The summed E-state index contributed by atoms with van der Waals surface area (Å²) in [5, 5.41) is 26.3. The van der Waals surface area contributed by atoms with Gasteiger partial charge in [0, 0.05) is 5.22 Å². The summed E-state index contributed by atoms with van der Waals surface area (Å²) in [4.78, 5) is 4.11. The minimum atomic E-state index is -0.481. The van der Waals surface area contributed by atoms with Gasteiger partial charge in [0.2, 0.25) is 5.82 Å². The summed E-state index contributed by atoms with van der Waals surface area (Å²) in [5.41, 5.74) is 0. The van der Waals surface area contributed by atoms with Crippen LogP contribution >= 0.6 is 0 Å². The molecular weight excluding hydrogens is 210 g/mol. The van der Waals surface area contributed by atoms with E-state index in [-0.39, 0.29) is 11.7 Å². The fourth-order valence-corrected chi connectivity index (χ4v) is 1.34. The normalized spacial score (nSPS) is 17.1. The summed E-state index contributed by atoms with van der Waals surface area (Å²) >= 11 is 0. The van der Waals surface area contributed by atoms with Crippen molar-refractivity contribution in [3.8, 4) is 0 Å². The van der Waals surface area contributed by atoms with Gasteiger partial charge in [-0.1, -0.05) is 18.2 Å². The highest BCUT2D eigenvalue weighted by atomic mass is 16.6. The number of ether oxygens (including phenoxy) is 1. The molecule has 78 valence electrons. The summed E-state index contributed by atoms with van der Waals surface area (Å²) in [7, 11) is 0. The number of hydrogen-bond acceptors (Lipinski definition) is 7. The topological polar surface area (TPSA) is 94.1 Å². The van der Waals surface area contributed by atoms with Gasteiger partial charge in [-0.05, 0) is 16.5 Å². The van der Waals surface area contributed by atoms with Crippen molar-refractivity contribution in [1.82, 2.24) is 0 Å². The third-order valence-corrected chi connectivity index (χ3v) is 2.05. The largest absolute Gasteiger partial charge is 0.561 e. The van der Waals surface area contributed by atoms with Crippen molar-refractivity contribution in [2.24, 2.45) is 25.7 Å². The maximum Gasteiger partial charge on any atom is 0.233 e. The lowest BCUT2D eigenvalue weighted by Gasteiger charge is -2.19. The van der Waals surface area contributed by atoms with E-state index in [1.165, 1.54) is 0 Å². The number of nitrogens with zero attached hydrogens (tertiary/aromatic N) is 5. The molecule has 1 aromatic rings. The van der Waals surface area contributed by atoms with Crippen molar-refractivity contribution < 1.29 is 9.84 Å². The maximum absolute atomic E-state index is 11.6. The van der Waals surface area contributed by atoms with Gasteiger partial charge < -0.3 is 9.84 Å². The first-order valence-electron chi connectivity index (χ1n) is 4.43. The highest BCUT2D eigenvalue weighted by Crippen LogP contribution is 2.18. The molecule has 0 saturated carbocycles. The molecule has 0 aliphatic carbocycles. The van der Waals surface area contributed by atoms with E-state index in [4.69, 9.17) is 4.74 Å². The molecule has 3 rings (SSSR count). The predicted octanol–water partition coefficient (Wildman–Crippen LogP) is -0.278. The van der Waals surface area contributed by atoms with E-state index in [0.29, 0.717) is 10.6 Å². The fraction of sp³-hybridized carbons (Fsp3) is 0.